The van der Waals surface area contributed by atoms with Crippen LogP contribution < -0.4 is 5.32 Å². The molecule has 2 aromatic heterocycles. The fraction of sp³-hybridized carbons (Fsp3) is 0.267. The Bertz CT molecular complexity index is 1030. The van der Waals surface area contributed by atoms with Crippen LogP contribution in [0.3, 0.4) is 0 Å². The fourth-order valence-corrected chi connectivity index (χ4v) is 3.04. The van der Waals surface area contributed by atoms with Crippen molar-refractivity contribution in [3.05, 3.63) is 29.3 Å². The summed E-state index contributed by atoms with van der Waals surface area (Å²) in [6.07, 6.45) is 0.375. The van der Waals surface area contributed by atoms with E-state index in [-0.39, 0.29) is 23.2 Å². The van der Waals surface area contributed by atoms with Crippen LogP contribution in [-0.2, 0) is 9.84 Å². The lowest BCUT2D eigenvalue weighted by atomic mass is 10.1. The smallest absolute Gasteiger partial charge is 0.250 e. The number of H-pyrrole nitrogens is 1. The number of anilines is 1. The number of nitrogens with zero attached hydrogens (tertiary/aromatic N) is 3. The van der Waals surface area contributed by atoms with Crippen LogP contribution in [-0.4, -0.2) is 52.6 Å². The standard InChI is InChI=1S/C15H16ClN5O3S/c1-8(22)7-17-13-11-12(9-5-3-4-6-10(9)16)20-21-14(11)19-15(18-13)25(2,23)24/h3-6,8,22H,7H2,1-2H3,(H2,17,18,19,20,21)/t8-/m0/s1. The van der Waals surface area contributed by atoms with Gasteiger partial charge in [0.05, 0.1) is 16.5 Å². The lowest BCUT2D eigenvalue weighted by Crippen LogP contribution is -2.17. The zero-order valence-corrected chi connectivity index (χ0v) is 15.1. The second kappa shape index (κ2) is 6.58. The zero-order valence-electron chi connectivity index (χ0n) is 13.5. The van der Waals surface area contributed by atoms with Crippen molar-refractivity contribution in [2.45, 2.75) is 18.2 Å². The van der Waals surface area contributed by atoms with Crippen LogP contribution in [0.2, 0.25) is 5.02 Å². The third-order valence-electron chi connectivity index (χ3n) is 3.42. The van der Waals surface area contributed by atoms with Crippen LogP contribution in [0.25, 0.3) is 22.3 Å². The maximum absolute atomic E-state index is 11.8. The lowest BCUT2D eigenvalue weighted by molar-refractivity contribution is 0.208. The van der Waals surface area contributed by atoms with Gasteiger partial charge in [0, 0.05) is 18.4 Å². The van der Waals surface area contributed by atoms with E-state index in [0.29, 0.717) is 21.7 Å². The molecule has 0 fully saturated rings. The van der Waals surface area contributed by atoms with Gasteiger partial charge in [0.2, 0.25) is 9.84 Å². The molecule has 0 aliphatic carbocycles. The van der Waals surface area contributed by atoms with Crippen LogP contribution >= 0.6 is 11.6 Å². The molecule has 0 aliphatic rings. The zero-order chi connectivity index (χ0) is 18.2. The summed E-state index contributed by atoms with van der Waals surface area (Å²) in [4.78, 5) is 8.16. The van der Waals surface area contributed by atoms with E-state index in [2.05, 4.69) is 25.5 Å². The molecule has 25 heavy (non-hydrogen) atoms. The first-order valence-electron chi connectivity index (χ1n) is 7.40. The molecule has 0 saturated heterocycles. The fourth-order valence-electron chi connectivity index (χ4n) is 2.30. The van der Waals surface area contributed by atoms with Gasteiger partial charge >= 0.3 is 0 Å². The molecular weight excluding hydrogens is 366 g/mol. The molecule has 1 atom stereocenters. The molecule has 3 aromatic rings. The summed E-state index contributed by atoms with van der Waals surface area (Å²) in [6, 6.07) is 7.13. The summed E-state index contributed by atoms with van der Waals surface area (Å²) in [5.74, 6) is 0.259. The topological polar surface area (TPSA) is 121 Å². The van der Waals surface area contributed by atoms with Crippen molar-refractivity contribution in [2.75, 3.05) is 18.1 Å². The summed E-state index contributed by atoms with van der Waals surface area (Å²) < 4.78 is 23.7. The van der Waals surface area contributed by atoms with E-state index in [1.807, 2.05) is 6.07 Å². The Morgan fingerprint density at radius 1 is 1.32 bits per heavy atom. The third kappa shape index (κ3) is 3.58. The summed E-state index contributed by atoms with van der Waals surface area (Å²) in [6.45, 7) is 1.79. The molecule has 0 bridgehead atoms. The monoisotopic (exact) mass is 381 g/mol. The minimum atomic E-state index is -3.62. The molecule has 0 amide bonds. The van der Waals surface area contributed by atoms with E-state index >= 15 is 0 Å². The van der Waals surface area contributed by atoms with Crippen molar-refractivity contribution in [1.29, 1.82) is 0 Å². The molecule has 0 unspecified atom stereocenters. The SMILES string of the molecule is C[C@H](O)CNc1nc(S(C)(=O)=O)nc2[nH]nc(-c3ccccc3Cl)c12. The van der Waals surface area contributed by atoms with E-state index in [9.17, 15) is 13.5 Å². The number of fused-ring (bicyclic) bond motifs is 1. The highest BCUT2D eigenvalue weighted by molar-refractivity contribution is 7.90. The number of hydrogen-bond acceptors (Lipinski definition) is 7. The Hall–Kier alpha value is -2.23. The van der Waals surface area contributed by atoms with Crippen molar-refractivity contribution >= 4 is 38.3 Å². The maximum atomic E-state index is 11.8. The molecule has 8 nitrogen and oxygen atoms in total. The summed E-state index contributed by atoms with van der Waals surface area (Å²) in [7, 11) is -3.62. The number of aliphatic hydroxyl groups excluding tert-OH is 1. The van der Waals surface area contributed by atoms with Crippen molar-refractivity contribution in [3.63, 3.8) is 0 Å². The van der Waals surface area contributed by atoms with Crippen molar-refractivity contribution < 1.29 is 13.5 Å². The highest BCUT2D eigenvalue weighted by Crippen LogP contribution is 2.34. The molecule has 2 heterocycles. The van der Waals surface area contributed by atoms with Gasteiger partial charge in [-0.1, -0.05) is 29.8 Å². The first-order valence-corrected chi connectivity index (χ1v) is 9.67. The van der Waals surface area contributed by atoms with Gasteiger partial charge in [-0.25, -0.2) is 13.4 Å². The predicted octanol–water partition coefficient (Wildman–Crippen LogP) is 1.87. The van der Waals surface area contributed by atoms with Gasteiger partial charge < -0.3 is 10.4 Å². The van der Waals surface area contributed by atoms with Crippen LogP contribution in [0.15, 0.2) is 29.4 Å². The molecule has 132 valence electrons. The number of sulfone groups is 1. The Kier molecular flexibility index (Phi) is 4.63. The quantitative estimate of drug-likeness (QED) is 0.577. The van der Waals surface area contributed by atoms with Crippen LogP contribution in [0, 0.1) is 0 Å². The van der Waals surface area contributed by atoms with E-state index in [0.717, 1.165) is 6.26 Å². The van der Waals surface area contributed by atoms with Gasteiger partial charge in [-0.05, 0) is 13.0 Å². The van der Waals surface area contributed by atoms with E-state index in [4.69, 9.17) is 11.6 Å². The first-order chi connectivity index (χ1) is 11.8. The summed E-state index contributed by atoms with van der Waals surface area (Å²) in [5, 5.41) is 20.1. The Labute approximate surface area is 149 Å². The molecular formula is C15H16ClN5O3S. The highest BCUT2D eigenvalue weighted by atomic mass is 35.5. The lowest BCUT2D eigenvalue weighted by Gasteiger charge is -2.11. The van der Waals surface area contributed by atoms with E-state index < -0.39 is 15.9 Å². The molecule has 3 rings (SSSR count). The summed E-state index contributed by atoms with van der Waals surface area (Å²) >= 11 is 6.25. The number of hydrogen-bond donors (Lipinski definition) is 3. The molecule has 1 aromatic carbocycles. The number of aromatic nitrogens is 4. The molecule has 0 spiro atoms. The van der Waals surface area contributed by atoms with E-state index in [1.165, 1.54) is 0 Å². The average molecular weight is 382 g/mol. The number of nitrogens with one attached hydrogen (secondary N) is 2. The van der Waals surface area contributed by atoms with Crippen LogP contribution in [0.1, 0.15) is 6.92 Å². The van der Waals surface area contributed by atoms with Gasteiger partial charge in [0.15, 0.2) is 5.65 Å². The Morgan fingerprint density at radius 3 is 2.68 bits per heavy atom. The van der Waals surface area contributed by atoms with Crippen LogP contribution in [0.4, 0.5) is 5.82 Å². The number of aliphatic hydroxyl groups is 1. The largest absolute Gasteiger partial charge is 0.392 e. The highest BCUT2D eigenvalue weighted by Gasteiger charge is 2.21. The van der Waals surface area contributed by atoms with Gasteiger partial charge in [-0.2, -0.15) is 10.1 Å². The number of benzene rings is 1. The van der Waals surface area contributed by atoms with Crippen molar-refractivity contribution in [1.82, 2.24) is 20.2 Å². The molecule has 0 saturated carbocycles. The van der Waals surface area contributed by atoms with Gasteiger partial charge in [-0.15, -0.1) is 0 Å². The minimum Gasteiger partial charge on any atom is -0.392 e. The van der Waals surface area contributed by atoms with Crippen molar-refractivity contribution in [2.24, 2.45) is 0 Å². The minimum absolute atomic E-state index is 0.183. The van der Waals surface area contributed by atoms with Crippen LogP contribution in [0.5, 0.6) is 0 Å². The first kappa shape index (κ1) is 17.6. The van der Waals surface area contributed by atoms with E-state index in [1.54, 1.807) is 25.1 Å². The third-order valence-corrected chi connectivity index (χ3v) is 4.60. The molecule has 0 radical (unpaired) electrons. The average Bonchev–Trinajstić information content (AvgIpc) is 2.96. The molecule has 3 N–H and O–H groups in total. The van der Waals surface area contributed by atoms with Gasteiger partial charge in [0.1, 0.15) is 11.5 Å². The van der Waals surface area contributed by atoms with Crippen molar-refractivity contribution in [3.8, 4) is 11.3 Å². The molecule has 10 heteroatoms. The second-order valence-electron chi connectivity index (χ2n) is 5.63. The normalized spacial score (nSPS) is 13.1. The maximum Gasteiger partial charge on any atom is 0.250 e. The number of aromatic amines is 1. The summed E-state index contributed by atoms with van der Waals surface area (Å²) in [5.41, 5.74) is 1.42. The number of halogens is 1. The van der Waals surface area contributed by atoms with Gasteiger partial charge in [-0.3, -0.25) is 5.10 Å². The predicted molar refractivity (Wildman–Crippen MR) is 95.4 cm³/mol. The molecule has 0 aliphatic heterocycles. The second-order valence-corrected chi connectivity index (χ2v) is 7.95. The van der Waals surface area contributed by atoms with Gasteiger partial charge in [0.25, 0.3) is 5.16 Å². The Morgan fingerprint density at radius 2 is 2.04 bits per heavy atom. The Balaban J connectivity index is 2.26. The number of rotatable bonds is 5.